The number of hydrogen-bond acceptors (Lipinski definition) is 4. The van der Waals surface area contributed by atoms with Crippen LogP contribution in [-0.2, 0) is 6.54 Å². The Morgan fingerprint density at radius 3 is 2.75 bits per heavy atom. The summed E-state index contributed by atoms with van der Waals surface area (Å²) in [5, 5.41) is 11.0. The number of nitrogens with zero attached hydrogens (tertiary/aromatic N) is 2. The predicted octanol–water partition coefficient (Wildman–Crippen LogP) is 2.63. The van der Waals surface area contributed by atoms with Crippen molar-refractivity contribution in [3.8, 4) is 5.75 Å². The Hall–Kier alpha value is -2.44. The van der Waals surface area contributed by atoms with Crippen LogP contribution in [0.25, 0.3) is 10.9 Å². The molecule has 24 heavy (non-hydrogen) atoms. The smallest absolute Gasteiger partial charge is 0.261 e. The molecule has 0 aliphatic rings. The van der Waals surface area contributed by atoms with Gasteiger partial charge in [0, 0.05) is 5.02 Å². The molecule has 2 aromatic carbocycles. The third-order valence-electron chi connectivity index (χ3n) is 3.45. The zero-order chi connectivity index (χ0) is 17.1. The lowest BCUT2D eigenvalue weighted by Gasteiger charge is -2.14. The molecular weight excluding hydrogens is 335 g/mol. The van der Waals surface area contributed by atoms with Gasteiger partial charge in [-0.25, -0.2) is 9.37 Å². The molecule has 1 unspecified atom stereocenters. The summed E-state index contributed by atoms with van der Waals surface area (Å²) in [6.45, 7) is 0.00230. The standard InChI is InChI=1S/C17H14ClFN2O3/c18-11-1-6-15-16(7-11)20-10-21(17(15)23)8-13(22)9-24-14-4-2-12(19)3-5-14/h1-7,10,13,22H,8-9H2. The van der Waals surface area contributed by atoms with Crippen molar-refractivity contribution in [2.24, 2.45) is 0 Å². The first kappa shape index (κ1) is 16.4. The summed E-state index contributed by atoms with van der Waals surface area (Å²) in [5.41, 5.74) is 0.235. The van der Waals surface area contributed by atoms with E-state index >= 15 is 0 Å². The number of hydrogen-bond donors (Lipinski definition) is 1. The van der Waals surface area contributed by atoms with Crippen molar-refractivity contribution in [2.45, 2.75) is 12.6 Å². The van der Waals surface area contributed by atoms with E-state index in [-0.39, 0.29) is 24.5 Å². The van der Waals surface area contributed by atoms with Gasteiger partial charge in [0.25, 0.3) is 5.56 Å². The van der Waals surface area contributed by atoms with Gasteiger partial charge in [-0.3, -0.25) is 9.36 Å². The molecule has 3 aromatic rings. The lowest BCUT2D eigenvalue weighted by molar-refractivity contribution is 0.0914. The topological polar surface area (TPSA) is 64.4 Å². The number of fused-ring (bicyclic) bond motifs is 1. The lowest BCUT2D eigenvalue weighted by atomic mass is 10.2. The van der Waals surface area contributed by atoms with Gasteiger partial charge in [0.1, 0.15) is 24.3 Å². The highest BCUT2D eigenvalue weighted by atomic mass is 35.5. The molecule has 1 aromatic heterocycles. The second kappa shape index (κ2) is 6.98. The third kappa shape index (κ3) is 3.72. The van der Waals surface area contributed by atoms with E-state index in [1.165, 1.54) is 35.2 Å². The number of halogens is 2. The predicted molar refractivity (Wildman–Crippen MR) is 88.9 cm³/mol. The minimum absolute atomic E-state index is 0.0310. The summed E-state index contributed by atoms with van der Waals surface area (Å²) in [6, 6.07) is 10.3. The zero-order valence-electron chi connectivity index (χ0n) is 12.5. The van der Waals surface area contributed by atoms with Crippen molar-refractivity contribution >= 4 is 22.5 Å². The number of aliphatic hydroxyl groups is 1. The molecule has 0 amide bonds. The van der Waals surface area contributed by atoms with Crippen LogP contribution < -0.4 is 10.3 Å². The minimum atomic E-state index is -0.917. The molecule has 1 atom stereocenters. The van der Waals surface area contributed by atoms with Crippen LogP contribution in [0.3, 0.4) is 0 Å². The Balaban J connectivity index is 1.70. The van der Waals surface area contributed by atoms with Gasteiger partial charge in [0.15, 0.2) is 0 Å². The second-order valence-corrected chi connectivity index (χ2v) is 5.72. The molecule has 0 aliphatic heterocycles. The van der Waals surface area contributed by atoms with E-state index in [4.69, 9.17) is 16.3 Å². The first-order valence-corrected chi connectivity index (χ1v) is 7.62. The minimum Gasteiger partial charge on any atom is -0.491 e. The van der Waals surface area contributed by atoms with Crippen molar-refractivity contribution in [1.82, 2.24) is 9.55 Å². The number of benzene rings is 2. The van der Waals surface area contributed by atoms with E-state index in [9.17, 15) is 14.3 Å². The van der Waals surface area contributed by atoms with Crippen molar-refractivity contribution < 1.29 is 14.2 Å². The fourth-order valence-corrected chi connectivity index (χ4v) is 2.43. The van der Waals surface area contributed by atoms with Crippen LogP contribution in [0.4, 0.5) is 4.39 Å². The summed E-state index contributed by atoms with van der Waals surface area (Å²) in [4.78, 5) is 16.5. The van der Waals surface area contributed by atoms with Crippen molar-refractivity contribution in [3.63, 3.8) is 0 Å². The third-order valence-corrected chi connectivity index (χ3v) is 3.69. The number of ether oxygens (including phenoxy) is 1. The van der Waals surface area contributed by atoms with Crippen LogP contribution in [0.5, 0.6) is 5.75 Å². The molecule has 0 bridgehead atoms. The first-order chi connectivity index (χ1) is 11.5. The highest BCUT2D eigenvalue weighted by Gasteiger charge is 2.10. The molecule has 7 heteroatoms. The van der Waals surface area contributed by atoms with Gasteiger partial charge in [-0.15, -0.1) is 0 Å². The summed E-state index contributed by atoms with van der Waals surface area (Å²) in [7, 11) is 0. The van der Waals surface area contributed by atoms with Crippen molar-refractivity contribution in [1.29, 1.82) is 0 Å². The highest BCUT2D eigenvalue weighted by Crippen LogP contribution is 2.14. The zero-order valence-corrected chi connectivity index (χ0v) is 13.3. The van der Waals surface area contributed by atoms with E-state index in [2.05, 4.69) is 4.98 Å². The lowest BCUT2D eigenvalue weighted by Crippen LogP contribution is -2.30. The first-order valence-electron chi connectivity index (χ1n) is 7.24. The maximum Gasteiger partial charge on any atom is 0.261 e. The van der Waals surface area contributed by atoms with Crippen LogP contribution in [0.1, 0.15) is 0 Å². The van der Waals surface area contributed by atoms with Gasteiger partial charge in [0.05, 0.1) is 23.8 Å². The molecule has 1 heterocycles. The van der Waals surface area contributed by atoms with Gasteiger partial charge in [-0.1, -0.05) is 11.6 Å². The van der Waals surface area contributed by atoms with E-state index in [1.54, 1.807) is 18.2 Å². The SMILES string of the molecule is O=c1c2ccc(Cl)cc2ncn1CC(O)COc1ccc(F)cc1. The Labute approximate surface area is 141 Å². The average molecular weight is 349 g/mol. The van der Waals surface area contributed by atoms with Crippen LogP contribution >= 0.6 is 11.6 Å². The molecule has 0 saturated carbocycles. The maximum absolute atomic E-state index is 12.8. The molecule has 124 valence electrons. The van der Waals surface area contributed by atoms with Crippen LogP contribution in [-0.4, -0.2) is 27.4 Å². The summed E-state index contributed by atoms with van der Waals surface area (Å²) in [6.07, 6.45) is 0.446. The van der Waals surface area contributed by atoms with Gasteiger partial charge in [0.2, 0.25) is 0 Å². The fraction of sp³-hybridized carbons (Fsp3) is 0.176. The number of aliphatic hydroxyl groups excluding tert-OH is 1. The van der Waals surface area contributed by atoms with E-state index in [1.807, 2.05) is 0 Å². The summed E-state index contributed by atoms with van der Waals surface area (Å²) < 4.78 is 19.5. The summed E-state index contributed by atoms with van der Waals surface area (Å²) >= 11 is 5.88. The molecule has 0 fully saturated rings. The van der Waals surface area contributed by atoms with Gasteiger partial charge in [-0.2, -0.15) is 0 Å². The highest BCUT2D eigenvalue weighted by molar-refractivity contribution is 6.31. The second-order valence-electron chi connectivity index (χ2n) is 5.28. The van der Waals surface area contributed by atoms with Crippen LogP contribution in [0, 0.1) is 5.82 Å². The van der Waals surface area contributed by atoms with Crippen LogP contribution in [0.2, 0.25) is 5.02 Å². The van der Waals surface area contributed by atoms with E-state index in [0.717, 1.165) is 0 Å². The quantitative estimate of drug-likeness (QED) is 0.770. The van der Waals surface area contributed by atoms with E-state index in [0.29, 0.717) is 21.7 Å². The molecule has 0 aliphatic carbocycles. The largest absolute Gasteiger partial charge is 0.491 e. The molecule has 1 N–H and O–H groups in total. The Morgan fingerprint density at radius 2 is 2.00 bits per heavy atom. The average Bonchev–Trinajstić information content (AvgIpc) is 2.57. The van der Waals surface area contributed by atoms with Crippen LogP contribution in [0.15, 0.2) is 53.6 Å². The van der Waals surface area contributed by atoms with E-state index < -0.39 is 6.10 Å². The Bertz CT molecular complexity index is 912. The van der Waals surface area contributed by atoms with Gasteiger partial charge in [-0.05, 0) is 42.5 Å². The number of rotatable bonds is 5. The van der Waals surface area contributed by atoms with Gasteiger partial charge >= 0.3 is 0 Å². The normalized spacial score (nSPS) is 12.3. The maximum atomic E-state index is 12.8. The Kier molecular flexibility index (Phi) is 4.78. The monoisotopic (exact) mass is 348 g/mol. The molecule has 5 nitrogen and oxygen atoms in total. The molecular formula is C17H14ClFN2O3. The molecule has 0 spiro atoms. The molecule has 0 radical (unpaired) electrons. The van der Waals surface area contributed by atoms with Crippen molar-refractivity contribution in [2.75, 3.05) is 6.61 Å². The van der Waals surface area contributed by atoms with Crippen molar-refractivity contribution in [3.05, 3.63) is 70.0 Å². The summed E-state index contributed by atoms with van der Waals surface area (Å²) in [5.74, 6) is 0.0749. The fourth-order valence-electron chi connectivity index (χ4n) is 2.26. The molecule has 3 rings (SSSR count). The number of aromatic nitrogens is 2. The molecule has 0 saturated heterocycles. The van der Waals surface area contributed by atoms with Gasteiger partial charge < -0.3 is 9.84 Å². The Morgan fingerprint density at radius 1 is 1.25 bits per heavy atom.